The fourth-order valence-electron chi connectivity index (χ4n) is 2.84. The summed E-state index contributed by atoms with van der Waals surface area (Å²) >= 11 is 0. The molecule has 0 atom stereocenters. The van der Waals surface area contributed by atoms with Gasteiger partial charge in [0.1, 0.15) is 11.0 Å². The number of H-pyrrole nitrogens is 1. The van der Waals surface area contributed by atoms with Crippen LogP contribution in [0.1, 0.15) is 5.56 Å². The summed E-state index contributed by atoms with van der Waals surface area (Å²) < 4.78 is 4.18. The molecule has 0 fully saturated rings. The van der Waals surface area contributed by atoms with Crippen molar-refractivity contribution in [3.63, 3.8) is 0 Å². The van der Waals surface area contributed by atoms with Gasteiger partial charge in [0.2, 0.25) is 5.95 Å². The molecule has 5 nitrogen and oxygen atoms in total. The number of nitrogens with zero attached hydrogens (tertiary/aromatic N) is 4. The van der Waals surface area contributed by atoms with Crippen molar-refractivity contribution in [3.8, 4) is 17.2 Å². The van der Waals surface area contributed by atoms with Gasteiger partial charge in [-0.3, -0.25) is 0 Å². The van der Waals surface area contributed by atoms with Crippen molar-refractivity contribution in [2.45, 2.75) is 6.92 Å². The summed E-state index contributed by atoms with van der Waals surface area (Å²) in [6.07, 6.45) is 1.88. The Bertz CT molecular complexity index is 1010. The number of imidazole rings is 1. The van der Waals surface area contributed by atoms with Gasteiger partial charge in [-0.15, -0.1) is 14.1 Å². The lowest BCUT2D eigenvalue weighted by molar-refractivity contribution is 0.930. The quantitative estimate of drug-likeness (QED) is 0.528. The van der Waals surface area contributed by atoms with Crippen LogP contribution in [0.4, 0.5) is 0 Å². The van der Waals surface area contributed by atoms with Crippen LogP contribution in [0.2, 0.25) is 0 Å². The maximum Gasteiger partial charge on any atom is 0.247 e. The van der Waals surface area contributed by atoms with Crippen molar-refractivity contribution >= 4 is 11.0 Å². The molecular formula is C16H13N5. The Labute approximate surface area is 120 Å². The van der Waals surface area contributed by atoms with Crippen LogP contribution < -0.4 is 0 Å². The minimum atomic E-state index is 0.836. The molecule has 0 radical (unpaired) electrons. The number of para-hydroxylation sites is 2. The van der Waals surface area contributed by atoms with Crippen molar-refractivity contribution in [3.05, 3.63) is 60.3 Å². The van der Waals surface area contributed by atoms with Gasteiger partial charge in [0.15, 0.2) is 0 Å². The van der Waals surface area contributed by atoms with Crippen LogP contribution in [0.15, 0.2) is 54.7 Å². The molecule has 3 heterocycles. The molecule has 0 bridgehead atoms. The third kappa shape index (κ3) is 1.37. The van der Waals surface area contributed by atoms with Crippen molar-refractivity contribution < 1.29 is 0 Å². The zero-order chi connectivity index (χ0) is 14.0. The summed E-state index contributed by atoms with van der Waals surface area (Å²) in [5.41, 5.74) is 5.87. The van der Waals surface area contributed by atoms with E-state index in [1.54, 1.807) is 0 Å². The Hall–Kier alpha value is -2.95. The Balaban J connectivity index is 1.60. The summed E-state index contributed by atoms with van der Waals surface area (Å²) in [6.45, 7) is 2.10. The molecule has 0 aliphatic carbocycles. The molecule has 0 amide bonds. The van der Waals surface area contributed by atoms with E-state index in [1.807, 2.05) is 23.1 Å². The Morgan fingerprint density at radius 1 is 0.952 bits per heavy atom. The molecule has 102 valence electrons. The highest BCUT2D eigenvalue weighted by molar-refractivity contribution is 5.79. The lowest BCUT2D eigenvalue weighted by atomic mass is 10.1. The second kappa shape index (κ2) is 3.58. The third-order valence-corrected chi connectivity index (χ3v) is 3.90. The zero-order valence-corrected chi connectivity index (χ0v) is 11.5. The van der Waals surface area contributed by atoms with E-state index in [0.717, 1.165) is 17.2 Å². The van der Waals surface area contributed by atoms with Gasteiger partial charge in [0.05, 0.1) is 11.9 Å². The smallest absolute Gasteiger partial charge is 0.247 e. The van der Waals surface area contributed by atoms with Gasteiger partial charge in [-0.05, 0) is 30.7 Å². The number of fused-ring (bicyclic) bond motifs is 4. The normalized spacial score (nSPS) is 12.0. The van der Waals surface area contributed by atoms with Crippen LogP contribution >= 0.6 is 0 Å². The summed E-state index contributed by atoms with van der Waals surface area (Å²) in [4.78, 5) is 9.91. The van der Waals surface area contributed by atoms with Crippen molar-refractivity contribution in [2.75, 3.05) is 0 Å². The molecule has 21 heavy (non-hydrogen) atoms. The molecular weight excluding hydrogens is 262 g/mol. The van der Waals surface area contributed by atoms with Gasteiger partial charge in [-0.2, -0.15) is 0 Å². The van der Waals surface area contributed by atoms with Crippen LogP contribution in [0.5, 0.6) is 0 Å². The summed E-state index contributed by atoms with van der Waals surface area (Å²) in [6, 6.07) is 16.7. The lowest BCUT2D eigenvalue weighted by Gasteiger charge is -1.97. The number of hydrogen-bond donors (Lipinski definition) is 1. The minimum Gasteiger partial charge on any atom is -0.321 e. The van der Waals surface area contributed by atoms with Crippen LogP contribution in [0.25, 0.3) is 28.2 Å². The molecule has 0 saturated carbocycles. The second-order valence-electron chi connectivity index (χ2n) is 5.35. The van der Waals surface area contributed by atoms with Gasteiger partial charge in [0, 0.05) is 0 Å². The predicted molar refractivity (Wildman–Crippen MR) is 81.2 cm³/mol. The molecule has 0 aliphatic rings. The molecule has 0 unspecified atom stereocenters. The number of aromatic nitrogens is 5. The molecule has 0 saturated heterocycles. The van der Waals surface area contributed by atoms with E-state index in [2.05, 4.69) is 62.6 Å². The number of aromatic amines is 1. The molecule has 0 spiro atoms. The highest BCUT2D eigenvalue weighted by atomic mass is 15.9. The first-order chi connectivity index (χ1) is 10.3. The fourth-order valence-corrected chi connectivity index (χ4v) is 2.84. The lowest BCUT2D eigenvalue weighted by Crippen LogP contribution is -1.88. The van der Waals surface area contributed by atoms with Crippen molar-refractivity contribution in [2.24, 2.45) is 0 Å². The molecule has 1 N–H and O–H groups in total. The monoisotopic (exact) mass is 275 g/mol. The van der Waals surface area contributed by atoms with Gasteiger partial charge in [0.25, 0.3) is 0 Å². The topological polar surface area (TPSA) is 42.4 Å². The highest BCUT2D eigenvalue weighted by Gasteiger charge is 2.25. The number of benzene rings is 2. The average Bonchev–Trinajstić information content (AvgIpc) is 2.89. The minimum absolute atomic E-state index is 0.836. The van der Waals surface area contributed by atoms with Crippen LogP contribution in [0.3, 0.4) is 0 Å². The van der Waals surface area contributed by atoms with Gasteiger partial charge in [-0.1, -0.05) is 35.9 Å². The number of rotatable bonds is 2. The van der Waals surface area contributed by atoms with E-state index >= 15 is 0 Å². The van der Waals surface area contributed by atoms with E-state index in [-0.39, 0.29) is 0 Å². The van der Waals surface area contributed by atoms with E-state index in [4.69, 9.17) is 0 Å². The third-order valence-electron chi connectivity index (χ3n) is 3.90. The molecule has 5 aromatic rings. The summed E-state index contributed by atoms with van der Waals surface area (Å²) in [7, 11) is 0. The van der Waals surface area contributed by atoms with Gasteiger partial charge >= 0.3 is 0 Å². The van der Waals surface area contributed by atoms with Crippen LogP contribution in [-0.4, -0.2) is 24.0 Å². The molecule has 0 aliphatic heterocycles. The maximum absolute atomic E-state index is 4.50. The van der Waals surface area contributed by atoms with E-state index in [0.29, 0.717) is 0 Å². The molecule has 2 aromatic carbocycles. The fraction of sp³-hybridized carbons (Fsp3) is 0.0625. The SMILES string of the molecule is Cc1cccc(-c2cnc(-n3n4c5ccccc5n34)[nH]2)c1. The number of hydrogen-bond acceptors (Lipinski definition) is 1. The predicted octanol–water partition coefficient (Wildman–Crippen LogP) is 3.12. The number of aryl methyl sites for hydroxylation is 1. The van der Waals surface area contributed by atoms with Crippen LogP contribution in [-0.2, 0) is 0 Å². The maximum atomic E-state index is 4.50. The Kier molecular flexibility index (Phi) is 1.84. The van der Waals surface area contributed by atoms with Crippen molar-refractivity contribution in [1.82, 2.24) is 24.0 Å². The summed E-state index contributed by atoms with van der Waals surface area (Å²) in [5.74, 6) is 0.836. The van der Waals surface area contributed by atoms with E-state index in [9.17, 15) is 0 Å². The first-order valence-electron chi connectivity index (χ1n) is 6.94. The molecule has 5 heteroatoms. The standard InChI is InChI=1S/C16H13N5/c1-11-5-4-6-12(9-11)13-10-17-16(18-13)21-19-14-7-2-3-8-15(14)20(19)21/h2-10H,1H3,(H,17,18). The summed E-state index contributed by atoms with van der Waals surface area (Å²) in [5, 5.41) is 0. The molecule has 3 aromatic heterocycles. The number of nitrogens with one attached hydrogen (secondary N) is 1. The first-order valence-corrected chi connectivity index (χ1v) is 6.94. The Morgan fingerprint density at radius 2 is 1.71 bits per heavy atom. The van der Waals surface area contributed by atoms with Gasteiger partial charge < -0.3 is 4.98 Å². The molecule has 5 rings (SSSR count). The van der Waals surface area contributed by atoms with Gasteiger partial charge in [-0.25, -0.2) is 4.98 Å². The second-order valence-corrected chi connectivity index (χ2v) is 5.35. The van der Waals surface area contributed by atoms with E-state index in [1.165, 1.54) is 16.6 Å². The largest absolute Gasteiger partial charge is 0.321 e. The highest BCUT2D eigenvalue weighted by Crippen LogP contribution is 2.26. The van der Waals surface area contributed by atoms with Crippen molar-refractivity contribution in [1.29, 1.82) is 0 Å². The first kappa shape index (κ1) is 10.8. The average molecular weight is 275 g/mol. The van der Waals surface area contributed by atoms with E-state index < -0.39 is 0 Å². The Morgan fingerprint density at radius 3 is 2.43 bits per heavy atom. The zero-order valence-electron chi connectivity index (χ0n) is 11.5. The van der Waals surface area contributed by atoms with Crippen LogP contribution in [0, 0.1) is 6.92 Å².